The first-order valence-corrected chi connectivity index (χ1v) is 5.96. The fourth-order valence-electron chi connectivity index (χ4n) is 1.83. The van der Waals surface area contributed by atoms with Gasteiger partial charge in [-0.05, 0) is 24.6 Å². The number of ketones is 1. The van der Waals surface area contributed by atoms with Gasteiger partial charge in [-0.25, -0.2) is 4.68 Å². The molecule has 1 aromatic carbocycles. The van der Waals surface area contributed by atoms with Crippen molar-refractivity contribution >= 4 is 5.78 Å². The molecule has 0 unspecified atom stereocenters. The van der Waals surface area contributed by atoms with Crippen molar-refractivity contribution in [1.82, 2.24) is 9.78 Å². The number of Topliss-reactive ketones (excluding diaryl/α,β-unsaturated/α-hetero) is 1. The molecule has 0 spiro atoms. The fraction of sp³-hybridized carbons (Fsp3) is 0.214. The van der Waals surface area contributed by atoms with E-state index >= 15 is 0 Å². The van der Waals surface area contributed by atoms with E-state index < -0.39 is 17.1 Å². The van der Waals surface area contributed by atoms with Crippen molar-refractivity contribution in [2.45, 2.75) is 13.5 Å². The van der Waals surface area contributed by atoms with E-state index in [0.29, 0.717) is 5.75 Å². The molecule has 104 valence electrons. The van der Waals surface area contributed by atoms with E-state index in [2.05, 4.69) is 5.10 Å². The van der Waals surface area contributed by atoms with Crippen LogP contribution in [0.2, 0.25) is 0 Å². The van der Waals surface area contributed by atoms with Gasteiger partial charge in [0.15, 0.2) is 11.5 Å². The summed E-state index contributed by atoms with van der Waals surface area (Å²) in [5.74, 6) is -0.170. The van der Waals surface area contributed by atoms with Gasteiger partial charge >= 0.3 is 0 Å². The maximum Gasteiger partial charge on any atom is 0.281 e. The molecule has 0 aliphatic rings. The van der Waals surface area contributed by atoms with Gasteiger partial charge in [-0.3, -0.25) is 9.59 Å². The summed E-state index contributed by atoms with van der Waals surface area (Å²) in [6, 6.07) is 7.14. The summed E-state index contributed by atoms with van der Waals surface area (Å²) in [5.41, 5.74) is -0.0116. The monoisotopic (exact) mass is 274 g/mol. The van der Waals surface area contributed by atoms with E-state index in [9.17, 15) is 14.7 Å². The minimum absolute atomic E-state index is 0.212. The normalized spacial score (nSPS) is 10.3. The first-order valence-electron chi connectivity index (χ1n) is 5.96. The number of aromatic hydroxyl groups is 1. The van der Waals surface area contributed by atoms with Crippen LogP contribution in [0.4, 0.5) is 0 Å². The van der Waals surface area contributed by atoms with Crippen molar-refractivity contribution in [3.63, 3.8) is 0 Å². The highest BCUT2D eigenvalue weighted by Gasteiger charge is 2.15. The van der Waals surface area contributed by atoms with Crippen LogP contribution in [0.3, 0.4) is 0 Å². The number of hydrogen-bond acceptors (Lipinski definition) is 5. The molecule has 0 aliphatic carbocycles. The number of carbonyl (C=O) groups excluding carboxylic acids is 1. The lowest BCUT2D eigenvalue weighted by atomic mass is 10.2. The second kappa shape index (κ2) is 5.56. The van der Waals surface area contributed by atoms with Crippen LogP contribution in [0, 0.1) is 0 Å². The summed E-state index contributed by atoms with van der Waals surface area (Å²) in [4.78, 5) is 23.4. The van der Waals surface area contributed by atoms with Crippen LogP contribution in [0.5, 0.6) is 11.5 Å². The average Bonchev–Trinajstić information content (AvgIpc) is 2.42. The van der Waals surface area contributed by atoms with Crippen molar-refractivity contribution in [3.05, 3.63) is 51.9 Å². The number of ether oxygens (including phenoxy) is 1. The largest absolute Gasteiger partial charge is 0.505 e. The van der Waals surface area contributed by atoms with Gasteiger partial charge in [0.2, 0.25) is 0 Å². The Morgan fingerprint density at radius 3 is 2.55 bits per heavy atom. The van der Waals surface area contributed by atoms with Crippen LogP contribution >= 0.6 is 0 Å². The Balaban J connectivity index is 2.36. The number of hydrogen-bond donors (Lipinski definition) is 1. The number of benzene rings is 1. The maximum atomic E-state index is 12.1. The lowest BCUT2D eigenvalue weighted by Gasteiger charge is -2.07. The molecule has 2 aromatic rings. The molecule has 0 aliphatic heterocycles. The number of carbonyl (C=O) groups is 1. The highest BCUT2D eigenvalue weighted by atomic mass is 16.5. The highest BCUT2D eigenvalue weighted by Crippen LogP contribution is 2.13. The molecule has 0 amide bonds. The van der Waals surface area contributed by atoms with Gasteiger partial charge in [-0.1, -0.05) is 12.1 Å². The maximum absolute atomic E-state index is 12.1. The molecular weight excluding hydrogens is 260 g/mol. The van der Waals surface area contributed by atoms with Gasteiger partial charge in [0.1, 0.15) is 11.3 Å². The van der Waals surface area contributed by atoms with Crippen LogP contribution in [0.25, 0.3) is 0 Å². The molecule has 0 fully saturated rings. The standard InChI is InChI=1S/C14H14N2O4/c1-9(17)13-12(18)7-15-16(14(13)19)8-10-3-5-11(20-2)6-4-10/h3-7,18H,8H2,1-2H3. The molecule has 0 saturated heterocycles. The van der Waals surface area contributed by atoms with E-state index in [-0.39, 0.29) is 12.1 Å². The Bertz CT molecular complexity index is 689. The quantitative estimate of drug-likeness (QED) is 0.847. The topological polar surface area (TPSA) is 81.4 Å². The van der Waals surface area contributed by atoms with Crippen molar-refractivity contribution in [1.29, 1.82) is 0 Å². The van der Waals surface area contributed by atoms with Crippen molar-refractivity contribution in [2.24, 2.45) is 0 Å². The zero-order chi connectivity index (χ0) is 14.7. The highest BCUT2D eigenvalue weighted by molar-refractivity contribution is 5.96. The molecule has 6 nitrogen and oxygen atoms in total. The Morgan fingerprint density at radius 1 is 1.35 bits per heavy atom. The van der Waals surface area contributed by atoms with Gasteiger partial charge < -0.3 is 9.84 Å². The first-order chi connectivity index (χ1) is 9.52. The Labute approximate surface area is 115 Å². The van der Waals surface area contributed by atoms with E-state index in [1.807, 2.05) is 0 Å². The molecule has 0 saturated carbocycles. The summed E-state index contributed by atoms with van der Waals surface area (Å²) >= 11 is 0. The Kier molecular flexibility index (Phi) is 3.84. The van der Waals surface area contributed by atoms with Crippen LogP contribution < -0.4 is 10.3 Å². The van der Waals surface area contributed by atoms with Crippen molar-refractivity contribution < 1.29 is 14.6 Å². The zero-order valence-electron chi connectivity index (χ0n) is 11.2. The SMILES string of the molecule is COc1ccc(Cn2ncc(O)c(C(C)=O)c2=O)cc1. The minimum Gasteiger partial charge on any atom is -0.505 e. The molecule has 1 heterocycles. The molecule has 1 N–H and O–H groups in total. The third kappa shape index (κ3) is 2.69. The molecule has 1 aromatic heterocycles. The number of aromatic nitrogens is 2. The molecule has 20 heavy (non-hydrogen) atoms. The van der Waals surface area contributed by atoms with Gasteiger partial charge in [0.05, 0.1) is 19.9 Å². The summed E-state index contributed by atoms with van der Waals surface area (Å²) in [7, 11) is 1.57. The lowest BCUT2D eigenvalue weighted by molar-refractivity contribution is 0.101. The van der Waals surface area contributed by atoms with E-state index in [1.165, 1.54) is 6.92 Å². The number of methoxy groups -OCH3 is 1. The minimum atomic E-state index is -0.603. The van der Waals surface area contributed by atoms with Crippen LogP contribution in [-0.4, -0.2) is 27.8 Å². The van der Waals surface area contributed by atoms with Crippen molar-refractivity contribution in [3.8, 4) is 11.5 Å². The van der Waals surface area contributed by atoms with Gasteiger partial charge in [0, 0.05) is 0 Å². The number of nitrogens with zero attached hydrogens (tertiary/aromatic N) is 2. The van der Waals surface area contributed by atoms with Crippen molar-refractivity contribution in [2.75, 3.05) is 7.11 Å². The predicted octanol–water partition coefficient (Wildman–Crippen LogP) is 1.21. The van der Waals surface area contributed by atoms with Gasteiger partial charge in [0.25, 0.3) is 5.56 Å². The van der Waals surface area contributed by atoms with E-state index in [0.717, 1.165) is 16.4 Å². The first kappa shape index (κ1) is 13.8. The summed E-state index contributed by atoms with van der Waals surface area (Å²) in [5, 5.41) is 13.3. The zero-order valence-corrected chi connectivity index (χ0v) is 11.2. The summed E-state index contributed by atoms with van der Waals surface area (Å²) in [6.07, 6.45) is 1.10. The summed E-state index contributed by atoms with van der Waals surface area (Å²) in [6.45, 7) is 1.44. The number of rotatable bonds is 4. The fourth-order valence-corrected chi connectivity index (χ4v) is 1.83. The third-order valence-corrected chi connectivity index (χ3v) is 2.87. The van der Waals surface area contributed by atoms with E-state index in [4.69, 9.17) is 4.74 Å². The Morgan fingerprint density at radius 2 is 2.00 bits per heavy atom. The molecule has 2 rings (SSSR count). The lowest BCUT2D eigenvalue weighted by Crippen LogP contribution is -2.28. The van der Waals surface area contributed by atoms with Crippen LogP contribution in [0.1, 0.15) is 22.8 Å². The average molecular weight is 274 g/mol. The smallest absolute Gasteiger partial charge is 0.281 e. The van der Waals surface area contributed by atoms with Gasteiger partial charge in [-0.2, -0.15) is 5.10 Å². The molecular formula is C14H14N2O4. The van der Waals surface area contributed by atoms with Crippen LogP contribution in [-0.2, 0) is 6.54 Å². The third-order valence-electron chi connectivity index (χ3n) is 2.87. The Hall–Kier alpha value is -2.63. The van der Waals surface area contributed by atoms with E-state index in [1.54, 1.807) is 31.4 Å². The molecule has 0 atom stereocenters. The second-order valence-electron chi connectivity index (χ2n) is 4.27. The molecule has 0 radical (unpaired) electrons. The molecule has 6 heteroatoms. The van der Waals surface area contributed by atoms with Crippen LogP contribution in [0.15, 0.2) is 35.3 Å². The second-order valence-corrected chi connectivity index (χ2v) is 4.27. The van der Waals surface area contributed by atoms with Gasteiger partial charge in [-0.15, -0.1) is 0 Å². The summed E-state index contributed by atoms with van der Waals surface area (Å²) < 4.78 is 6.18. The molecule has 0 bridgehead atoms. The predicted molar refractivity (Wildman–Crippen MR) is 72.3 cm³/mol.